The fourth-order valence-corrected chi connectivity index (χ4v) is 1.88. The maximum atomic E-state index is 11.4. The van der Waals surface area contributed by atoms with Crippen molar-refractivity contribution in [3.05, 3.63) is 48.7 Å². The molecule has 0 aliphatic heterocycles. The Morgan fingerprint density at radius 2 is 2.00 bits per heavy atom. The smallest absolute Gasteiger partial charge is 0.272 e. The van der Waals surface area contributed by atoms with Gasteiger partial charge in [0.05, 0.1) is 6.61 Å². The van der Waals surface area contributed by atoms with Gasteiger partial charge in [-0.05, 0) is 37.6 Å². The molecule has 0 aromatic heterocycles. The van der Waals surface area contributed by atoms with Crippen LogP contribution in [0, 0.1) is 6.92 Å². The highest BCUT2D eigenvalue weighted by molar-refractivity contribution is 9.10. The van der Waals surface area contributed by atoms with Crippen LogP contribution in [0.2, 0.25) is 0 Å². The van der Waals surface area contributed by atoms with Gasteiger partial charge in [-0.1, -0.05) is 15.9 Å². The summed E-state index contributed by atoms with van der Waals surface area (Å²) in [5.41, 5.74) is 0.941. The monoisotopic (exact) mass is 309 g/mol. The Labute approximate surface area is 112 Å². The standard InChI is InChI=1S/C13H12BrNO3/c1-3-18-13-10(11(16)12(13)17)15-8-4-5-9(14)7(2)6-8/h4-6,15H,3H2,1-2H3. The first-order valence-electron chi connectivity index (χ1n) is 5.54. The average molecular weight is 310 g/mol. The summed E-state index contributed by atoms with van der Waals surface area (Å²) in [7, 11) is 0. The molecule has 0 spiro atoms. The fraction of sp³-hybridized carbons (Fsp3) is 0.231. The molecule has 0 aliphatic rings. The molecule has 18 heavy (non-hydrogen) atoms. The van der Waals surface area contributed by atoms with Crippen LogP contribution in [0.5, 0.6) is 5.75 Å². The largest absolute Gasteiger partial charge is 0.488 e. The van der Waals surface area contributed by atoms with Gasteiger partial charge >= 0.3 is 0 Å². The first kappa shape index (κ1) is 12.8. The lowest BCUT2D eigenvalue weighted by Crippen LogP contribution is -2.35. The number of benzene rings is 1. The molecule has 0 amide bonds. The second-order valence-electron chi connectivity index (χ2n) is 3.88. The molecule has 0 saturated carbocycles. The number of hydrogen-bond acceptors (Lipinski definition) is 4. The minimum Gasteiger partial charge on any atom is -0.488 e. The highest BCUT2D eigenvalue weighted by atomic mass is 79.9. The third-order valence-electron chi connectivity index (χ3n) is 2.58. The first-order chi connectivity index (χ1) is 8.54. The van der Waals surface area contributed by atoms with Gasteiger partial charge in [-0.25, -0.2) is 0 Å². The van der Waals surface area contributed by atoms with Crippen LogP contribution in [-0.4, -0.2) is 6.61 Å². The molecule has 0 heterocycles. The molecular weight excluding hydrogens is 298 g/mol. The molecule has 4 nitrogen and oxygen atoms in total. The Hall–Kier alpha value is -1.62. The number of ether oxygens (including phenoxy) is 1. The number of aryl methyl sites for hydroxylation is 1. The van der Waals surface area contributed by atoms with E-state index in [1.807, 2.05) is 25.1 Å². The molecule has 2 rings (SSSR count). The van der Waals surface area contributed by atoms with Crippen molar-refractivity contribution in [2.45, 2.75) is 13.8 Å². The molecule has 0 unspecified atom stereocenters. The summed E-state index contributed by atoms with van der Waals surface area (Å²) in [6.07, 6.45) is 0. The van der Waals surface area contributed by atoms with E-state index in [0.29, 0.717) is 6.61 Å². The molecule has 2 aromatic carbocycles. The van der Waals surface area contributed by atoms with Crippen molar-refractivity contribution in [1.82, 2.24) is 0 Å². The quantitative estimate of drug-likeness (QED) is 0.882. The summed E-state index contributed by atoms with van der Waals surface area (Å²) in [6.45, 7) is 4.07. The molecule has 0 radical (unpaired) electrons. The van der Waals surface area contributed by atoms with Crippen molar-refractivity contribution < 1.29 is 4.74 Å². The molecule has 0 atom stereocenters. The van der Waals surface area contributed by atoms with Gasteiger partial charge < -0.3 is 10.1 Å². The maximum absolute atomic E-state index is 11.4. The van der Waals surface area contributed by atoms with Gasteiger partial charge in [0.25, 0.3) is 10.9 Å². The van der Waals surface area contributed by atoms with Crippen LogP contribution in [0.1, 0.15) is 12.5 Å². The molecule has 94 valence electrons. The molecule has 0 saturated heterocycles. The number of nitrogens with one attached hydrogen (secondary N) is 1. The van der Waals surface area contributed by atoms with Crippen molar-refractivity contribution in [1.29, 1.82) is 0 Å². The van der Waals surface area contributed by atoms with E-state index < -0.39 is 10.9 Å². The van der Waals surface area contributed by atoms with Gasteiger partial charge in [-0.3, -0.25) is 9.59 Å². The maximum Gasteiger partial charge on any atom is 0.272 e. The second kappa shape index (κ2) is 4.94. The summed E-state index contributed by atoms with van der Waals surface area (Å²) in [4.78, 5) is 22.7. The van der Waals surface area contributed by atoms with E-state index in [4.69, 9.17) is 4.74 Å². The Morgan fingerprint density at radius 3 is 2.61 bits per heavy atom. The van der Waals surface area contributed by atoms with E-state index in [0.717, 1.165) is 15.7 Å². The Morgan fingerprint density at radius 1 is 1.28 bits per heavy atom. The van der Waals surface area contributed by atoms with Crippen molar-refractivity contribution in [2.24, 2.45) is 0 Å². The van der Waals surface area contributed by atoms with Crippen molar-refractivity contribution in [3.8, 4) is 5.75 Å². The lowest BCUT2D eigenvalue weighted by Gasteiger charge is -2.13. The number of hydrogen-bond donors (Lipinski definition) is 1. The first-order valence-corrected chi connectivity index (χ1v) is 6.33. The fourth-order valence-electron chi connectivity index (χ4n) is 1.63. The molecule has 0 bridgehead atoms. The van der Waals surface area contributed by atoms with Crippen LogP contribution in [0.15, 0.2) is 32.3 Å². The summed E-state index contributed by atoms with van der Waals surface area (Å²) >= 11 is 3.40. The van der Waals surface area contributed by atoms with E-state index in [1.54, 1.807) is 6.92 Å². The summed E-state index contributed by atoms with van der Waals surface area (Å²) < 4.78 is 6.13. The predicted octanol–water partition coefficient (Wildman–Crippen LogP) is 2.50. The number of halogens is 1. The lowest BCUT2D eigenvalue weighted by atomic mass is 10.2. The SMILES string of the molecule is CCOc1c(Nc2ccc(Br)c(C)c2)c(=O)c1=O. The number of anilines is 2. The van der Waals surface area contributed by atoms with Crippen LogP contribution < -0.4 is 20.9 Å². The van der Waals surface area contributed by atoms with E-state index in [1.165, 1.54) is 0 Å². The third kappa shape index (κ3) is 2.18. The Balaban J connectivity index is 2.29. The zero-order chi connectivity index (χ0) is 13.3. The third-order valence-corrected chi connectivity index (χ3v) is 3.47. The molecule has 0 aliphatic carbocycles. The van der Waals surface area contributed by atoms with Crippen LogP contribution in [0.25, 0.3) is 0 Å². The van der Waals surface area contributed by atoms with E-state index in [9.17, 15) is 9.59 Å². The van der Waals surface area contributed by atoms with E-state index >= 15 is 0 Å². The van der Waals surface area contributed by atoms with Gasteiger partial charge in [0.1, 0.15) is 5.69 Å². The molecule has 0 fully saturated rings. The summed E-state index contributed by atoms with van der Waals surface area (Å²) in [5.74, 6) is 0.128. The van der Waals surface area contributed by atoms with Crippen molar-refractivity contribution in [2.75, 3.05) is 11.9 Å². The van der Waals surface area contributed by atoms with Gasteiger partial charge in [-0.2, -0.15) is 0 Å². The number of rotatable bonds is 4. The normalized spacial score (nSPS) is 10.6. The van der Waals surface area contributed by atoms with Crippen LogP contribution in [0.4, 0.5) is 11.4 Å². The minimum absolute atomic E-state index is 0.128. The van der Waals surface area contributed by atoms with Gasteiger partial charge in [0.15, 0.2) is 5.75 Å². The topological polar surface area (TPSA) is 55.4 Å². The predicted molar refractivity (Wildman–Crippen MR) is 74.7 cm³/mol. The van der Waals surface area contributed by atoms with Crippen LogP contribution >= 0.6 is 15.9 Å². The highest BCUT2D eigenvalue weighted by Gasteiger charge is 2.22. The Kier molecular flexibility index (Phi) is 3.52. The zero-order valence-corrected chi connectivity index (χ0v) is 11.6. The lowest BCUT2D eigenvalue weighted by molar-refractivity contribution is 0.335. The molecular formula is C13H12BrNO3. The molecule has 2 aromatic rings. The highest BCUT2D eigenvalue weighted by Crippen LogP contribution is 2.25. The van der Waals surface area contributed by atoms with Gasteiger partial charge in [-0.15, -0.1) is 0 Å². The van der Waals surface area contributed by atoms with Crippen LogP contribution in [0.3, 0.4) is 0 Å². The average Bonchev–Trinajstić information content (AvgIpc) is 2.37. The van der Waals surface area contributed by atoms with Crippen molar-refractivity contribution in [3.63, 3.8) is 0 Å². The van der Waals surface area contributed by atoms with E-state index in [-0.39, 0.29) is 11.4 Å². The van der Waals surface area contributed by atoms with E-state index in [2.05, 4.69) is 21.2 Å². The van der Waals surface area contributed by atoms with Gasteiger partial charge in [0, 0.05) is 10.2 Å². The Bertz CT molecular complexity index is 657. The molecule has 5 heteroatoms. The summed E-state index contributed by atoms with van der Waals surface area (Å²) in [5, 5.41) is 2.92. The second-order valence-corrected chi connectivity index (χ2v) is 4.74. The summed E-state index contributed by atoms with van der Waals surface area (Å²) in [6, 6.07) is 5.59. The van der Waals surface area contributed by atoms with Crippen molar-refractivity contribution >= 4 is 27.3 Å². The van der Waals surface area contributed by atoms with Gasteiger partial charge in [0.2, 0.25) is 0 Å². The molecule has 1 N–H and O–H groups in total. The van der Waals surface area contributed by atoms with Crippen LogP contribution in [-0.2, 0) is 0 Å². The minimum atomic E-state index is -0.562. The zero-order valence-electron chi connectivity index (χ0n) is 10.0.